The smallest absolute Gasteiger partial charge is 0.246 e. The number of aryl methyl sites for hydroxylation is 1. The summed E-state index contributed by atoms with van der Waals surface area (Å²) >= 11 is 1.38. The van der Waals surface area contributed by atoms with Crippen molar-refractivity contribution in [2.45, 2.75) is 19.2 Å². The lowest BCUT2D eigenvalue weighted by Crippen LogP contribution is -2.21. The number of carbonyl (C=O) groups is 1. The Morgan fingerprint density at radius 3 is 2.53 bits per heavy atom. The van der Waals surface area contributed by atoms with E-state index in [-0.39, 0.29) is 18.2 Å². The van der Waals surface area contributed by atoms with Crippen LogP contribution in [0.3, 0.4) is 0 Å². The van der Waals surface area contributed by atoms with E-state index < -0.39 is 9.84 Å². The number of sulfone groups is 1. The number of aromatic nitrogens is 3. The number of para-hydroxylation sites is 2. The van der Waals surface area contributed by atoms with Crippen LogP contribution in [0, 0.1) is 6.92 Å². The van der Waals surface area contributed by atoms with Gasteiger partial charge in [-0.1, -0.05) is 12.1 Å². The number of amides is 1. The number of carbonyl (C=O) groups excluding carboxylic acids is 1. The lowest BCUT2D eigenvalue weighted by Gasteiger charge is -2.08. The van der Waals surface area contributed by atoms with Gasteiger partial charge in [0.1, 0.15) is 23.9 Å². The number of benzene rings is 2. The first-order valence-electron chi connectivity index (χ1n) is 9.77. The van der Waals surface area contributed by atoms with Crippen molar-refractivity contribution in [2.75, 3.05) is 18.7 Å². The molecule has 2 aromatic carbocycles. The van der Waals surface area contributed by atoms with E-state index in [9.17, 15) is 13.2 Å². The highest BCUT2D eigenvalue weighted by Crippen LogP contribution is 2.31. The summed E-state index contributed by atoms with van der Waals surface area (Å²) in [6, 6.07) is 14.8. The number of fused-ring (bicyclic) bond motifs is 1. The van der Waals surface area contributed by atoms with Gasteiger partial charge >= 0.3 is 0 Å². The van der Waals surface area contributed by atoms with Crippen LogP contribution in [-0.4, -0.2) is 42.2 Å². The van der Waals surface area contributed by atoms with E-state index in [0.717, 1.165) is 28.1 Å². The van der Waals surface area contributed by atoms with Crippen LogP contribution in [0.15, 0.2) is 48.5 Å². The summed E-state index contributed by atoms with van der Waals surface area (Å²) in [5.74, 6) is 0.538. The molecular formula is C22H22N4O4S2. The first-order chi connectivity index (χ1) is 15.2. The van der Waals surface area contributed by atoms with Crippen molar-refractivity contribution in [2.24, 2.45) is 0 Å². The minimum absolute atomic E-state index is 0.0676. The Labute approximate surface area is 189 Å². The minimum atomic E-state index is -3.31. The third kappa shape index (κ3) is 4.81. The largest absolute Gasteiger partial charge is 0.497 e. The van der Waals surface area contributed by atoms with E-state index in [1.54, 1.807) is 17.7 Å². The van der Waals surface area contributed by atoms with E-state index in [1.165, 1.54) is 11.3 Å². The molecule has 0 fully saturated rings. The topological polar surface area (TPSA) is 103 Å². The normalized spacial score (nSPS) is 11.6. The summed E-state index contributed by atoms with van der Waals surface area (Å²) in [5.41, 5.74) is 3.07. The van der Waals surface area contributed by atoms with Crippen LogP contribution in [0.25, 0.3) is 22.3 Å². The van der Waals surface area contributed by atoms with Crippen molar-refractivity contribution in [3.8, 4) is 17.0 Å². The molecule has 10 heteroatoms. The van der Waals surface area contributed by atoms with Crippen LogP contribution >= 0.6 is 11.3 Å². The molecule has 0 aliphatic heterocycles. The SMILES string of the molecule is COc1ccc(-c2nc(NC(=O)Cn3c(CS(C)(=O)=O)nc4ccccc43)sc2C)cc1. The molecule has 4 rings (SSSR count). The van der Waals surface area contributed by atoms with Gasteiger partial charge in [-0.15, -0.1) is 11.3 Å². The predicted molar refractivity (Wildman–Crippen MR) is 126 cm³/mol. The Hall–Kier alpha value is -3.24. The van der Waals surface area contributed by atoms with Crippen LogP contribution < -0.4 is 10.1 Å². The molecule has 2 heterocycles. The zero-order valence-corrected chi connectivity index (χ0v) is 19.5. The minimum Gasteiger partial charge on any atom is -0.497 e. The number of rotatable bonds is 7. The van der Waals surface area contributed by atoms with Gasteiger partial charge in [0.2, 0.25) is 5.91 Å². The fraction of sp³-hybridized carbons (Fsp3) is 0.227. The van der Waals surface area contributed by atoms with Crippen molar-refractivity contribution in [1.29, 1.82) is 0 Å². The highest BCUT2D eigenvalue weighted by atomic mass is 32.2. The maximum atomic E-state index is 12.8. The van der Waals surface area contributed by atoms with Crippen LogP contribution in [0.2, 0.25) is 0 Å². The Morgan fingerprint density at radius 1 is 1.12 bits per heavy atom. The molecule has 4 aromatic rings. The number of thiazole rings is 1. The summed E-state index contributed by atoms with van der Waals surface area (Å²) in [6.07, 6.45) is 1.15. The van der Waals surface area contributed by atoms with E-state index in [2.05, 4.69) is 15.3 Å². The van der Waals surface area contributed by atoms with Crippen LogP contribution in [0.5, 0.6) is 5.75 Å². The fourth-order valence-electron chi connectivity index (χ4n) is 3.42. The number of hydrogen-bond donors (Lipinski definition) is 1. The van der Waals surface area contributed by atoms with Gasteiger partial charge in [0.15, 0.2) is 15.0 Å². The average molecular weight is 471 g/mol. The van der Waals surface area contributed by atoms with Crippen molar-refractivity contribution < 1.29 is 17.9 Å². The molecule has 0 bridgehead atoms. The zero-order valence-electron chi connectivity index (χ0n) is 17.8. The lowest BCUT2D eigenvalue weighted by atomic mass is 10.1. The van der Waals surface area contributed by atoms with E-state index in [0.29, 0.717) is 22.0 Å². The summed E-state index contributed by atoms with van der Waals surface area (Å²) in [6.45, 7) is 1.88. The monoisotopic (exact) mass is 470 g/mol. The molecule has 32 heavy (non-hydrogen) atoms. The molecule has 0 saturated heterocycles. The van der Waals surface area contributed by atoms with E-state index in [1.807, 2.05) is 49.4 Å². The lowest BCUT2D eigenvalue weighted by molar-refractivity contribution is -0.116. The third-order valence-corrected chi connectivity index (χ3v) is 6.50. The summed E-state index contributed by atoms with van der Waals surface area (Å²) < 4.78 is 30.5. The van der Waals surface area contributed by atoms with Crippen molar-refractivity contribution in [3.05, 3.63) is 59.2 Å². The van der Waals surface area contributed by atoms with Gasteiger partial charge in [0.05, 0.1) is 23.8 Å². The fourth-order valence-corrected chi connectivity index (χ4v) is 4.96. The zero-order chi connectivity index (χ0) is 22.9. The molecule has 1 N–H and O–H groups in total. The first-order valence-corrected chi connectivity index (χ1v) is 12.6. The molecule has 166 valence electrons. The molecular weight excluding hydrogens is 448 g/mol. The summed E-state index contributed by atoms with van der Waals surface area (Å²) in [4.78, 5) is 22.8. The summed E-state index contributed by atoms with van der Waals surface area (Å²) in [5, 5.41) is 3.31. The molecule has 0 aliphatic carbocycles. The molecule has 0 unspecified atom stereocenters. The number of methoxy groups -OCH3 is 1. The van der Waals surface area contributed by atoms with E-state index in [4.69, 9.17) is 4.74 Å². The Balaban J connectivity index is 1.57. The molecule has 0 radical (unpaired) electrons. The van der Waals surface area contributed by atoms with Gasteiger partial charge in [-0.05, 0) is 43.3 Å². The molecule has 0 aliphatic rings. The first kappa shape index (κ1) is 22.0. The van der Waals surface area contributed by atoms with Gasteiger partial charge in [-0.3, -0.25) is 4.79 Å². The Kier molecular flexibility index (Phi) is 5.98. The second kappa shape index (κ2) is 8.71. The number of anilines is 1. The number of nitrogens with one attached hydrogen (secondary N) is 1. The number of imidazole rings is 1. The van der Waals surface area contributed by atoms with Crippen LogP contribution in [-0.2, 0) is 26.9 Å². The second-order valence-electron chi connectivity index (χ2n) is 7.37. The van der Waals surface area contributed by atoms with Crippen molar-refractivity contribution in [3.63, 3.8) is 0 Å². The maximum absolute atomic E-state index is 12.8. The van der Waals surface area contributed by atoms with Gasteiger partial charge in [0.25, 0.3) is 0 Å². The van der Waals surface area contributed by atoms with Crippen LogP contribution in [0.1, 0.15) is 10.7 Å². The van der Waals surface area contributed by atoms with Crippen molar-refractivity contribution in [1.82, 2.24) is 14.5 Å². The van der Waals surface area contributed by atoms with Crippen LogP contribution in [0.4, 0.5) is 5.13 Å². The van der Waals surface area contributed by atoms with Gasteiger partial charge in [-0.25, -0.2) is 18.4 Å². The Bertz CT molecular complexity index is 1390. The van der Waals surface area contributed by atoms with Crippen molar-refractivity contribution >= 4 is 43.2 Å². The molecule has 0 spiro atoms. The maximum Gasteiger partial charge on any atom is 0.246 e. The standard InChI is InChI=1S/C22H22N4O4S2/c1-14-21(15-8-10-16(30-2)11-9-15)25-22(31-14)24-20(27)12-26-18-7-5-4-6-17(18)23-19(26)13-32(3,28)29/h4-11H,12-13H2,1-3H3,(H,24,25,27). The number of hydrogen-bond acceptors (Lipinski definition) is 7. The highest BCUT2D eigenvalue weighted by Gasteiger charge is 2.18. The van der Waals surface area contributed by atoms with Gasteiger partial charge in [0, 0.05) is 16.7 Å². The molecule has 2 aromatic heterocycles. The molecule has 1 amide bonds. The molecule has 0 saturated carbocycles. The average Bonchev–Trinajstić information content (AvgIpc) is 3.26. The molecule has 8 nitrogen and oxygen atoms in total. The number of ether oxygens (including phenoxy) is 1. The highest BCUT2D eigenvalue weighted by molar-refractivity contribution is 7.89. The third-order valence-electron chi connectivity index (χ3n) is 4.83. The van der Waals surface area contributed by atoms with E-state index >= 15 is 0 Å². The number of nitrogens with zero attached hydrogens (tertiary/aromatic N) is 3. The van der Waals surface area contributed by atoms with Gasteiger partial charge in [-0.2, -0.15) is 0 Å². The second-order valence-corrected chi connectivity index (χ2v) is 10.7. The Morgan fingerprint density at radius 2 is 1.84 bits per heavy atom. The van der Waals surface area contributed by atoms with Gasteiger partial charge < -0.3 is 14.6 Å². The predicted octanol–water partition coefficient (Wildman–Crippen LogP) is 3.66. The quantitative estimate of drug-likeness (QED) is 0.442. The summed E-state index contributed by atoms with van der Waals surface area (Å²) in [7, 11) is -1.70. The molecule has 0 atom stereocenters.